The molecule has 0 aliphatic carbocycles. The zero-order valence-corrected chi connectivity index (χ0v) is 12.0. The van der Waals surface area contributed by atoms with E-state index in [1.807, 2.05) is 0 Å². The number of rotatable bonds is 4. The normalized spacial score (nSPS) is 23.4. The first kappa shape index (κ1) is 15.3. The minimum absolute atomic E-state index is 0.0304. The highest BCUT2D eigenvalue weighted by atomic mass is 32.2. The number of halogens is 2. The van der Waals surface area contributed by atoms with Crippen LogP contribution < -0.4 is 0 Å². The van der Waals surface area contributed by atoms with Gasteiger partial charge in [-0.05, 0) is 31.9 Å². The van der Waals surface area contributed by atoms with Crippen molar-refractivity contribution >= 4 is 17.7 Å². The number of furan rings is 1. The molecule has 1 amide bonds. The molecular formula is C13H17F2NO3S. The fourth-order valence-corrected chi connectivity index (χ4v) is 2.71. The predicted molar refractivity (Wildman–Crippen MR) is 71.8 cm³/mol. The first-order chi connectivity index (χ1) is 9.37. The predicted octanol–water partition coefficient (Wildman–Crippen LogP) is 2.72. The van der Waals surface area contributed by atoms with Gasteiger partial charge in [-0.2, -0.15) is 8.78 Å². The van der Waals surface area contributed by atoms with Gasteiger partial charge in [-0.3, -0.25) is 4.79 Å². The van der Waals surface area contributed by atoms with Crippen LogP contribution in [0.1, 0.15) is 36.1 Å². The summed E-state index contributed by atoms with van der Waals surface area (Å²) in [5, 5.41) is 9.98. The van der Waals surface area contributed by atoms with Gasteiger partial charge in [-0.15, -0.1) is 0 Å². The maximum absolute atomic E-state index is 12.2. The van der Waals surface area contributed by atoms with Gasteiger partial charge in [0.25, 0.3) is 11.7 Å². The second-order valence-electron chi connectivity index (χ2n) is 5.16. The molecule has 1 fully saturated rings. The van der Waals surface area contributed by atoms with Gasteiger partial charge in [0.15, 0.2) is 5.76 Å². The number of aliphatic hydroxyl groups is 1. The van der Waals surface area contributed by atoms with Crippen LogP contribution in [0, 0.1) is 0 Å². The van der Waals surface area contributed by atoms with Crippen LogP contribution in [-0.2, 0) is 5.75 Å². The number of hydrogen-bond acceptors (Lipinski definition) is 4. The third-order valence-electron chi connectivity index (χ3n) is 3.19. The van der Waals surface area contributed by atoms with Gasteiger partial charge in [0.2, 0.25) is 0 Å². The maximum Gasteiger partial charge on any atom is 0.289 e. The number of hydrogen-bond donors (Lipinski definition) is 1. The molecule has 1 aliphatic heterocycles. The molecule has 1 aromatic rings. The van der Waals surface area contributed by atoms with Crippen molar-refractivity contribution in [3.8, 4) is 0 Å². The van der Waals surface area contributed by atoms with Gasteiger partial charge in [-0.1, -0.05) is 11.8 Å². The molecule has 2 heterocycles. The molecule has 0 bridgehead atoms. The molecule has 1 aliphatic rings. The zero-order chi connectivity index (χ0) is 14.8. The largest absolute Gasteiger partial charge is 0.455 e. The Bertz CT molecular complexity index is 476. The number of piperidine rings is 1. The van der Waals surface area contributed by atoms with E-state index in [1.165, 1.54) is 17.0 Å². The number of carbonyl (C=O) groups excluding carboxylic acids is 1. The second kappa shape index (κ2) is 6.13. The summed E-state index contributed by atoms with van der Waals surface area (Å²) in [5.41, 5.74) is -0.880. The fraction of sp³-hybridized carbons (Fsp3) is 0.615. The maximum atomic E-state index is 12.2. The highest BCUT2D eigenvalue weighted by Gasteiger charge is 2.32. The van der Waals surface area contributed by atoms with E-state index in [2.05, 4.69) is 0 Å². The van der Waals surface area contributed by atoms with Crippen molar-refractivity contribution in [3.05, 3.63) is 23.7 Å². The van der Waals surface area contributed by atoms with Crippen molar-refractivity contribution in [2.45, 2.75) is 36.9 Å². The minimum atomic E-state index is -2.46. The van der Waals surface area contributed by atoms with Crippen LogP contribution in [0.4, 0.5) is 8.78 Å². The standard InChI is InChI=1S/C13H17F2NO3S/c1-13(18)5-2-6-16(8-13)11(17)10-4-3-9(19-10)7-20-12(14)15/h3-4,12,18H,2,5-8H2,1H3. The molecule has 2 rings (SSSR count). The number of alkyl halides is 2. The van der Waals surface area contributed by atoms with E-state index >= 15 is 0 Å². The Labute approximate surface area is 120 Å². The van der Waals surface area contributed by atoms with Crippen molar-refractivity contribution in [1.29, 1.82) is 0 Å². The summed E-state index contributed by atoms with van der Waals surface area (Å²) in [5.74, 6) is -2.26. The summed E-state index contributed by atoms with van der Waals surface area (Å²) in [4.78, 5) is 13.7. The van der Waals surface area contributed by atoms with Gasteiger partial charge in [-0.25, -0.2) is 0 Å². The Balaban J connectivity index is 1.98. The molecule has 0 aromatic carbocycles. The van der Waals surface area contributed by atoms with Gasteiger partial charge in [0.05, 0.1) is 11.4 Å². The molecule has 7 heteroatoms. The van der Waals surface area contributed by atoms with Crippen LogP contribution in [0.25, 0.3) is 0 Å². The number of thioether (sulfide) groups is 1. The Kier molecular flexibility index (Phi) is 4.70. The lowest BCUT2D eigenvalue weighted by atomic mass is 9.95. The van der Waals surface area contributed by atoms with E-state index in [1.54, 1.807) is 6.92 Å². The molecule has 1 saturated heterocycles. The first-order valence-electron chi connectivity index (χ1n) is 6.37. The average Bonchev–Trinajstić information content (AvgIpc) is 2.83. The zero-order valence-electron chi connectivity index (χ0n) is 11.1. The van der Waals surface area contributed by atoms with Gasteiger partial charge >= 0.3 is 0 Å². The van der Waals surface area contributed by atoms with Crippen molar-refractivity contribution < 1.29 is 23.1 Å². The lowest BCUT2D eigenvalue weighted by Gasteiger charge is -2.36. The third kappa shape index (κ3) is 3.96. The molecule has 112 valence electrons. The minimum Gasteiger partial charge on any atom is -0.455 e. The quantitative estimate of drug-likeness (QED) is 0.929. The van der Waals surface area contributed by atoms with Crippen LogP contribution in [0.3, 0.4) is 0 Å². The van der Waals surface area contributed by atoms with E-state index in [0.717, 1.165) is 6.42 Å². The average molecular weight is 305 g/mol. The lowest BCUT2D eigenvalue weighted by Crippen LogP contribution is -2.48. The SMILES string of the molecule is CC1(O)CCCN(C(=O)c2ccc(CSC(F)F)o2)C1. The Morgan fingerprint density at radius 2 is 2.35 bits per heavy atom. The second-order valence-corrected chi connectivity index (χ2v) is 6.14. The van der Waals surface area contributed by atoms with Crippen molar-refractivity contribution in [1.82, 2.24) is 4.90 Å². The molecular weight excluding hydrogens is 288 g/mol. The van der Waals surface area contributed by atoms with E-state index in [-0.39, 0.29) is 24.0 Å². The van der Waals surface area contributed by atoms with E-state index in [4.69, 9.17) is 4.42 Å². The summed E-state index contributed by atoms with van der Waals surface area (Å²) in [6.45, 7) is 2.52. The number of carbonyl (C=O) groups is 1. The van der Waals surface area contributed by atoms with Crippen molar-refractivity contribution in [3.63, 3.8) is 0 Å². The molecule has 1 aromatic heterocycles. The highest BCUT2D eigenvalue weighted by molar-refractivity contribution is 7.98. The van der Waals surface area contributed by atoms with Crippen molar-refractivity contribution in [2.75, 3.05) is 13.1 Å². The molecule has 1 N–H and O–H groups in total. The number of likely N-dealkylation sites (tertiary alicyclic amines) is 1. The summed E-state index contributed by atoms with van der Waals surface area (Å²) in [6, 6.07) is 3.03. The topological polar surface area (TPSA) is 53.7 Å². The number of β-amino-alcohol motifs (C(OH)–C–C–N with tert-alkyl or cyclic N) is 1. The van der Waals surface area contributed by atoms with Crippen LogP contribution >= 0.6 is 11.8 Å². The molecule has 1 unspecified atom stereocenters. The number of nitrogens with zero attached hydrogens (tertiary/aromatic N) is 1. The Morgan fingerprint density at radius 1 is 1.60 bits per heavy atom. The molecule has 1 atom stereocenters. The lowest BCUT2D eigenvalue weighted by molar-refractivity contribution is -0.0117. The summed E-state index contributed by atoms with van der Waals surface area (Å²) < 4.78 is 29.5. The van der Waals surface area contributed by atoms with Crippen LogP contribution in [-0.4, -0.2) is 40.4 Å². The van der Waals surface area contributed by atoms with E-state index in [9.17, 15) is 18.7 Å². The Morgan fingerprint density at radius 3 is 3.00 bits per heavy atom. The van der Waals surface area contributed by atoms with E-state index in [0.29, 0.717) is 30.5 Å². The monoisotopic (exact) mass is 305 g/mol. The van der Waals surface area contributed by atoms with Crippen molar-refractivity contribution in [2.24, 2.45) is 0 Å². The highest BCUT2D eigenvalue weighted by Crippen LogP contribution is 2.24. The van der Waals surface area contributed by atoms with Crippen LogP contribution in [0.5, 0.6) is 0 Å². The van der Waals surface area contributed by atoms with Crippen LogP contribution in [0.15, 0.2) is 16.5 Å². The fourth-order valence-electron chi connectivity index (χ4n) is 2.26. The smallest absolute Gasteiger partial charge is 0.289 e. The van der Waals surface area contributed by atoms with Gasteiger partial charge in [0, 0.05) is 13.1 Å². The van der Waals surface area contributed by atoms with Crippen LogP contribution in [0.2, 0.25) is 0 Å². The summed E-state index contributed by atoms with van der Waals surface area (Å²) in [6.07, 6.45) is 1.39. The molecule has 0 radical (unpaired) electrons. The molecule has 0 saturated carbocycles. The summed E-state index contributed by atoms with van der Waals surface area (Å²) >= 11 is 0.453. The molecule has 20 heavy (non-hydrogen) atoms. The number of amides is 1. The van der Waals surface area contributed by atoms with Gasteiger partial charge in [0.1, 0.15) is 5.76 Å². The van der Waals surface area contributed by atoms with E-state index < -0.39 is 11.4 Å². The third-order valence-corrected chi connectivity index (χ3v) is 3.89. The molecule has 4 nitrogen and oxygen atoms in total. The summed E-state index contributed by atoms with van der Waals surface area (Å²) in [7, 11) is 0. The Hall–Kier alpha value is -1.08. The van der Waals surface area contributed by atoms with Gasteiger partial charge < -0.3 is 14.4 Å². The first-order valence-corrected chi connectivity index (χ1v) is 7.42. The molecule has 0 spiro atoms.